The van der Waals surface area contributed by atoms with Crippen LogP contribution in [-0.4, -0.2) is 30.0 Å². The van der Waals surface area contributed by atoms with E-state index < -0.39 is 0 Å². The van der Waals surface area contributed by atoms with Crippen molar-refractivity contribution in [3.05, 3.63) is 47.3 Å². The number of amides is 1. The summed E-state index contributed by atoms with van der Waals surface area (Å²) in [6.07, 6.45) is 3.21. The van der Waals surface area contributed by atoms with Crippen LogP contribution in [0, 0.1) is 6.92 Å². The average molecular weight is 328 g/mol. The summed E-state index contributed by atoms with van der Waals surface area (Å²) >= 11 is 1.43. The van der Waals surface area contributed by atoms with Crippen molar-refractivity contribution in [1.29, 1.82) is 0 Å². The Kier molecular flexibility index (Phi) is 4.12. The van der Waals surface area contributed by atoms with Gasteiger partial charge in [-0.15, -0.1) is 11.3 Å². The van der Waals surface area contributed by atoms with Crippen LogP contribution in [0.4, 0.5) is 11.5 Å². The zero-order valence-corrected chi connectivity index (χ0v) is 13.8. The summed E-state index contributed by atoms with van der Waals surface area (Å²) in [6.45, 7) is 1.87. The molecular weight excluding hydrogens is 312 g/mol. The molecule has 0 bridgehead atoms. The Morgan fingerprint density at radius 2 is 2.13 bits per heavy atom. The van der Waals surface area contributed by atoms with Crippen LogP contribution < -0.4 is 10.2 Å². The first-order chi connectivity index (χ1) is 11.0. The third kappa shape index (κ3) is 3.24. The highest BCUT2D eigenvalue weighted by atomic mass is 32.1. The molecule has 0 aliphatic heterocycles. The molecule has 7 heteroatoms. The first-order valence-electron chi connectivity index (χ1n) is 7.00. The van der Waals surface area contributed by atoms with Crippen molar-refractivity contribution in [2.75, 3.05) is 24.3 Å². The quantitative estimate of drug-likeness (QED) is 0.794. The number of aryl methyl sites for hydroxylation is 1. The minimum absolute atomic E-state index is 0.254. The summed E-state index contributed by atoms with van der Waals surface area (Å²) in [5.41, 5.74) is 1.03. The zero-order chi connectivity index (χ0) is 16.4. The van der Waals surface area contributed by atoms with E-state index in [1.165, 1.54) is 11.3 Å². The van der Waals surface area contributed by atoms with Crippen molar-refractivity contribution in [3.63, 3.8) is 0 Å². The Morgan fingerprint density at radius 3 is 2.74 bits per heavy atom. The average Bonchev–Trinajstić information content (AvgIpc) is 3.16. The highest BCUT2D eigenvalue weighted by Gasteiger charge is 2.17. The topological polar surface area (TPSA) is 71.3 Å². The maximum Gasteiger partial charge on any atom is 0.275 e. The van der Waals surface area contributed by atoms with Gasteiger partial charge in [-0.1, -0.05) is 0 Å². The fourth-order valence-corrected chi connectivity index (χ4v) is 2.91. The van der Waals surface area contributed by atoms with E-state index >= 15 is 0 Å². The van der Waals surface area contributed by atoms with E-state index in [0.717, 1.165) is 10.7 Å². The van der Waals surface area contributed by atoms with Gasteiger partial charge in [-0.3, -0.25) is 4.79 Å². The predicted molar refractivity (Wildman–Crippen MR) is 91.1 cm³/mol. The number of carbonyl (C=O) groups excluding carboxylic acids is 1. The fourth-order valence-electron chi connectivity index (χ4n) is 2.03. The second-order valence-electron chi connectivity index (χ2n) is 5.15. The molecule has 6 nitrogen and oxygen atoms in total. The summed E-state index contributed by atoms with van der Waals surface area (Å²) in [4.78, 5) is 23.8. The molecule has 0 atom stereocenters. The molecule has 3 rings (SSSR count). The highest BCUT2D eigenvalue weighted by molar-refractivity contribution is 7.15. The molecule has 0 radical (unpaired) electrons. The van der Waals surface area contributed by atoms with Crippen molar-refractivity contribution in [1.82, 2.24) is 9.97 Å². The Morgan fingerprint density at radius 1 is 1.30 bits per heavy atom. The number of furan rings is 1. The summed E-state index contributed by atoms with van der Waals surface area (Å²) in [5, 5.41) is 3.51. The third-order valence-corrected chi connectivity index (χ3v) is 4.19. The number of anilines is 2. The number of pyridine rings is 1. The predicted octanol–water partition coefficient (Wildman–Crippen LogP) is 3.42. The van der Waals surface area contributed by atoms with E-state index in [-0.39, 0.29) is 5.91 Å². The van der Waals surface area contributed by atoms with E-state index in [1.807, 2.05) is 44.1 Å². The molecule has 3 aromatic rings. The molecule has 3 aromatic heterocycles. The standard InChI is InChI=1S/C16H16N4O2S/c1-10-14(19-16(23-10)12-5-4-8-22-12)15(21)18-11-6-7-13(17-9-11)20(2)3/h4-9H,1-3H3,(H,18,21). The Labute approximate surface area is 137 Å². The van der Waals surface area contributed by atoms with Crippen LogP contribution in [0.5, 0.6) is 0 Å². The molecule has 0 unspecified atom stereocenters. The van der Waals surface area contributed by atoms with Crippen LogP contribution in [0.25, 0.3) is 10.8 Å². The van der Waals surface area contributed by atoms with Gasteiger partial charge in [0.05, 0.1) is 18.1 Å². The molecular formula is C16H16N4O2S. The van der Waals surface area contributed by atoms with Gasteiger partial charge in [-0.05, 0) is 31.2 Å². The van der Waals surface area contributed by atoms with Crippen LogP contribution in [-0.2, 0) is 0 Å². The molecule has 3 heterocycles. The second kappa shape index (κ2) is 6.21. The molecule has 0 aliphatic carbocycles. The maximum absolute atomic E-state index is 12.4. The number of thiazole rings is 1. The van der Waals surface area contributed by atoms with Crippen molar-refractivity contribution >= 4 is 28.7 Å². The monoisotopic (exact) mass is 328 g/mol. The Balaban J connectivity index is 1.78. The maximum atomic E-state index is 12.4. The number of nitrogens with zero attached hydrogens (tertiary/aromatic N) is 3. The smallest absolute Gasteiger partial charge is 0.275 e. The van der Waals surface area contributed by atoms with Crippen LogP contribution in [0.15, 0.2) is 41.1 Å². The van der Waals surface area contributed by atoms with Gasteiger partial charge in [-0.2, -0.15) is 0 Å². The number of nitrogens with one attached hydrogen (secondary N) is 1. The van der Waals surface area contributed by atoms with Gasteiger partial charge in [0, 0.05) is 19.0 Å². The molecule has 0 aromatic carbocycles. The normalized spacial score (nSPS) is 10.6. The lowest BCUT2D eigenvalue weighted by Gasteiger charge is -2.11. The lowest BCUT2D eigenvalue weighted by molar-refractivity contribution is 0.102. The van der Waals surface area contributed by atoms with Gasteiger partial charge in [0.25, 0.3) is 5.91 Å². The van der Waals surface area contributed by atoms with Gasteiger partial charge in [0.15, 0.2) is 10.8 Å². The molecule has 0 saturated heterocycles. The number of carbonyl (C=O) groups is 1. The fraction of sp³-hybridized carbons (Fsp3) is 0.188. The van der Waals surface area contributed by atoms with Gasteiger partial charge in [-0.25, -0.2) is 9.97 Å². The molecule has 1 N–H and O–H groups in total. The molecule has 0 fully saturated rings. The van der Waals surface area contributed by atoms with Crippen molar-refractivity contribution in [3.8, 4) is 10.8 Å². The molecule has 0 spiro atoms. The number of hydrogen-bond donors (Lipinski definition) is 1. The van der Waals surface area contributed by atoms with E-state index in [4.69, 9.17) is 4.42 Å². The van der Waals surface area contributed by atoms with Crippen LogP contribution >= 0.6 is 11.3 Å². The van der Waals surface area contributed by atoms with Crippen LogP contribution in [0.2, 0.25) is 0 Å². The first-order valence-corrected chi connectivity index (χ1v) is 7.82. The van der Waals surface area contributed by atoms with Crippen molar-refractivity contribution < 1.29 is 9.21 Å². The van der Waals surface area contributed by atoms with Gasteiger partial charge in [0.1, 0.15) is 11.5 Å². The number of aromatic nitrogens is 2. The largest absolute Gasteiger partial charge is 0.462 e. The van der Waals surface area contributed by atoms with Gasteiger partial charge in [0.2, 0.25) is 0 Å². The zero-order valence-electron chi connectivity index (χ0n) is 13.0. The summed E-state index contributed by atoms with van der Waals surface area (Å²) in [6, 6.07) is 7.28. The SMILES string of the molecule is Cc1sc(-c2ccco2)nc1C(=O)Nc1ccc(N(C)C)nc1. The number of rotatable bonds is 4. The second-order valence-corrected chi connectivity index (χ2v) is 6.36. The van der Waals surface area contributed by atoms with Crippen molar-refractivity contribution in [2.24, 2.45) is 0 Å². The third-order valence-electron chi connectivity index (χ3n) is 3.21. The van der Waals surface area contributed by atoms with E-state index in [1.54, 1.807) is 18.5 Å². The summed E-state index contributed by atoms with van der Waals surface area (Å²) in [5.74, 6) is 1.23. The first kappa shape index (κ1) is 15.2. The lowest BCUT2D eigenvalue weighted by Crippen LogP contribution is -2.14. The molecule has 118 valence electrons. The van der Waals surface area contributed by atoms with Crippen LogP contribution in [0.1, 0.15) is 15.4 Å². The van der Waals surface area contributed by atoms with Gasteiger partial charge < -0.3 is 14.6 Å². The van der Waals surface area contributed by atoms with E-state index in [2.05, 4.69) is 15.3 Å². The van der Waals surface area contributed by atoms with Crippen LogP contribution in [0.3, 0.4) is 0 Å². The summed E-state index contributed by atoms with van der Waals surface area (Å²) < 4.78 is 5.32. The Hall–Kier alpha value is -2.67. The molecule has 23 heavy (non-hydrogen) atoms. The number of hydrogen-bond acceptors (Lipinski definition) is 6. The highest BCUT2D eigenvalue weighted by Crippen LogP contribution is 2.28. The van der Waals surface area contributed by atoms with E-state index in [9.17, 15) is 4.79 Å². The molecule has 1 amide bonds. The van der Waals surface area contributed by atoms with E-state index in [0.29, 0.717) is 22.1 Å². The Bertz CT molecular complexity index is 807. The van der Waals surface area contributed by atoms with Gasteiger partial charge >= 0.3 is 0 Å². The molecule has 0 aliphatic rings. The lowest BCUT2D eigenvalue weighted by atomic mass is 10.3. The minimum atomic E-state index is -0.254. The minimum Gasteiger partial charge on any atom is -0.462 e. The van der Waals surface area contributed by atoms with Crippen molar-refractivity contribution in [2.45, 2.75) is 6.92 Å². The summed E-state index contributed by atoms with van der Waals surface area (Å²) in [7, 11) is 3.82. The molecule has 0 saturated carbocycles.